The molecule has 1 aliphatic carbocycles. The highest BCUT2D eigenvalue weighted by atomic mass is 35.5. The first kappa shape index (κ1) is 24.9. The van der Waals surface area contributed by atoms with Gasteiger partial charge >= 0.3 is 0 Å². The Hall–Kier alpha value is -1.33. The van der Waals surface area contributed by atoms with Crippen LogP contribution in [0, 0.1) is 11.3 Å². The number of rotatable bonds is 6. The maximum Gasteiger partial charge on any atom is 0.234 e. The van der Waals surface area contributed by atoms with Crippen LogP contribution in [0.1, 0.15) is 57.9 Å². The molecule has 1 aliphatic heterocycles. The summed E-state index contributed by atoms with van der Waals surface area (Å²) in [5.74, 6) is 1.42. The predicted molar refractivity (Wildman–Crippen MR) is 125 cm³/mol. The predicted octanol–water partition coefficient (Wildman–Crippen LogP) is 4.64. The van der Waals surface area contributed by atoms with E-state index in [4.69, 9.17) is 0 Å². The van der Waals surface area contributed by atoms with Gasteiger partial charge in [0, 0.05) is 38.4 Å². The molecule has 0 bridgehead atoms. The van der Waals surface area contributed by atoms with Gasteiger partial charge in [-0.05, 0) is 54.6 Å². The molecular weight excluding hydrogens is 401 g/mol. The summed E-state index contributed by atoms with van der Waals surface area (Å²) >= 11 is 0. The molecule has 1 aromatic carbocycles. The minimum atomic E-state index is -0.506. The molecule has 3 rings (SSSR count). The zero-order valence-electron chi connectivity index (χ0n) is 18.8. The van der Waals surface area contributed by atoms with E-state index in [0.717, 1.165) is 32.1 Å². The van der Waals surface area contributed by atoms with Crippen LogP contribution in [0.25, 0.3) is 0 Å². The van der Waals surface area contributed by atoms with Gasteiger partial charge in [-0.1, -0.05) is 39.0 Å². The average molecular weight is 440 g/mol. The Balaban J connectivity index is 0.00000320. The first-order valence-electron chi connectivity index (χ1n) is 11.3. The number of anilines is 1. The summed E-state index contributed by atoms with van der Waals surface area (Å²) in [6.45, 7) is 10.7. The molecule has 1 saturated carbocycles. The molecule has 2 aliphatic rings. The summed E-state index contributed by atoms with van der Waals surface area (Å²) in [6, 6.07) is 8.93. The smallest absolute Gasteiger partial charge is 0.234 e. The largest absolute Gasteiger partial charge is 0.369 e. The van der Waals surface area contributed by atoms with E-state index in [0.29, 0.717) is 17.9 Å². The van der Waals surface area contributed by atoms with E-state index in [1.807, 2.05) is 0 Å². The number of carbonyl (C=O) groups excluding carboxylic acids is 1. The van der Waals surface area contributed by atoms with Gasteiger partial charge in [-0.2, -0.15) is 0 Å². The Labute approximate surface area is 188 Å². The van der Waals surface area contributed by atoms with Crippen LogP contribution in [0.3, 0.4) is 0 Å². The van der Waals surface area contributed by atoms with Crippen LogP contribution in [0.4, 0.5) is 10.1 Å². The highest BCUT2D eigenvalue weighted by Crippen LogP contribution is 2.45. The number of halogens is 2. The van der Waals surface area contributed by atoms with Gasteiger partial charge in [-0.25, -0.2) is 4.39 Å². The van der Waals surface area contributed by atoms with Crippen LogP contribution >= 0.6 is 12.4 Å². The summed E-state index contributed by atoms with van der Waals surface area (Å²) in [6.07, 6.45) is 5.22. The Kier molecular flexibility index (Phi) is 9.42. The third kappa shape index (κ3) is 6.58. The van der Waals surface area contributed by atoms with Crippen LogP contribution < -0.4 is 10.2 Å². The number of amides is 1. The number of para-hydroxylation sites is 1. The van der Waals surface area contributed by atoms with E-state index < -0.39 is 6.67 Å². The highest BCUT2D eigenvalue weighted by molar-refractivity contribution is 5.85. The van der Waals surface area contributed by atoms with Crippen molar-refractivity contribution >= 4 is 24.0 Å². The Bertz CT molecular complexity index is 663. The quantitative estimate of drug-likeness (QED) is 0.701. The summed E-state index contributed by atoms with van der Waals surface area (Å²) < 4.78 is 12.2. The second-order valence-corrected chi connectivity index (χ2v) is 9.78. The first-order chi connectivity index (χ1) is 13.9. The minimum absolute atomic E-state index is 0. The molecule has 1 amide bonds. The van der Waals surface area contributed by atoms with Crippen molar-refractivity contribution in [2.24, 2.45) is 11.3 Å². The van der Waals surface area contributed by atoms with E-state index in [2.05, 4.69) is 60.2 Å². The summed E-state index contributed by atoms with van der Waals surface area (Å²) in [7, 11) is 0. The number of benzene rings is 1. The monoisotopic (exact) mass is 439 g/mol. The van der Waals surface area contributed by atoms with E-state index in [1.165, 1.54) is 36.9 Å². The summed E-state index contributed by atoms with van der Waals surface area (Å²) in [5, 5.41) is 2.62. The zero-order valence-corrected chi connectivity index (χ0v) is 19.6. The van der Waals surface area contributed by atoms with E-state index in [9.17, 15) is 9.18 Å². The van der Waals surface area contributed by atoms with Crippen molar-refractivity contribution < 1.29 is 9.18 Å². The molecule has 6 heteroatoms. The lowest BCUT2D eigenvalue weighted by atomic mass is 9.68. The maximum absolute atomic E-state index is 12.2. The lowest BCUT2D eigenvalue weighted by molar-refractivity contribution is -0.122. The molecule has 30 heavy (non-hydrogen) atoms. The van der Waals surface area contributed by atoms with Crippen LogP contribution in [-0.4, -0.2) is 56.8 Å². The van der Waals surface area contributed by atoms with Gasteiger partial charge in [-0.3, -0.25) is 9.69 Å². The molecule has 1 heterocycles. The van der Waals surface area contributed by atoms with Gasteiger partial charge < -0.3 is 10.2 Å². The zero-order chi connectivity index (χ0) is 20.9. The molecule has 170 valence electrons. The van der Waals surface area contributed by atoms with Crippen LogP contribution in [0.15, 0.2) is 24.3 Å². The van der Waals surface area contributed by atoms with Crippen molar-refractivity contribution in [2.75, 3.05) is 50.8 Å². The maximum atomic E-state index is 12.2. The van der Waals surface area contributed by atoms with Gasteiger partial charge in [-0.15, -0.1) is 12.4 Å². The number of piperazine rings is 1. The normalized spacial score (nSPS) is 23.0. The van der Waals surface area contributed by atoms with Crippen LogP contribution in [0.2, 0.25) is 0 Å². The van der Waals surface area contributed by atoms with Crippen molar-refractivity contribution in [1.82, 2.24) is 10.2 Å². The second kappa shape index (κ2) is 11.3. The molecule has 0 aromatic heterocycles. The SMILES string of the molecule is CC(C)(C)C1CCC(c2ccccc2N2CCN(CC(=O)NCCF)CC2)CC1.Cl. The number of nitrogens with one attached hydrogen (secondary N) is 1. The molecule has 1 N–H and O–H groups in total. The Morgan fingerprint density at radius 3 is 2.30 bits per heavy atom. The topological polar surface area (TPSA) is 35.6 Å². The fourth-order valence-corrected chi connectivity index (χ4v) is 4.98. The second-order valence-electron chi connectivity index (χ2n) is 9.78. The van der Waals surface area contributed by atoms with Gasteiger partial charge in [0.1, 0.15) is 6.67 Å². The fourth-order valence-electron chi connectivity index (χ4n) is 4.98. The number of alkyl halides is 1. The standard InChI is InChI=1S/C24H38FN3O.ClH/c1-24(2,3)20-10-8-19(9-11-20)21-6-4-5-7-22(21)28-16-14-27(15-17-28)18-23(29)26-13-12-25;/h4-7,19-20H,8-18H2,1-3H3,(H,26,29);1H. The molecule has 1 aromatic rings. The van der Waals surface area contributed by atoms with Crippen molar-refractivity contribution in [3.63, 3.8) is 0 Å². The summed E-state index contributed by atoms with van der Waals surface area (Å²) in [4.78, 5) is 16.5. The lowest BCUT2D eigenvalue weighted by Crippen LogP contribution is -2.50. The van der Waals surface area contributed by atoms with Gasteiger partial charge in [0.15, 0.2) is 0 Å². The molecule has 2 fully saturated rings. The molecular formula is C24H39ClFN3O. The van der Waals surface area contributed by atoms with Gasteiger partial charge in [0.2, 0.25) is 5.91 Å². The lowest BCUT2D eigenvalue weighted by Gasteiger charge is -2.40. The van der Waals surface area contributed by atoms with Gasteiger partial charge in [0.25, 0.3) is 0 Å². The van der Waals surface area contributed by atoms with Crippen molar-refractivity contribution in [1.29, 1.82) is 0 Å². The third-order valence-corrected chi connectivity index (χ3v) is 6.83. The molecule has 0 atom stereocenters. The Morgan fingerprint density at radius 2 is 1.70 bits per heavy atom. The van der Waals surface area contributed by atoms with E-state index >= 15 is 0 Å². The number of carbonyl (C=O) groups is 1. The first-order valence-corrected chi connectivity index (χ1v) is 11.3. The molecule has 0 radical (unpaired) electrons. The van der Waals surface area contributed by atoms with Crippen LogP contribution in [0.5, 0.6) is 0 Å². The van der Waals surface area contributed by atoms with Crippen LogP contribution in [-0.2, 0) is 4.79 Å². The molecule has 0 spiro atoms. The van der Waals surface area contributed by atoms with E-state index in [1.54, 1.807) is 0 Å². The minimum Gasteiger partial charge on any atom is -0.369 e. The fraction of sp³-hybridized carbons (Fsp3) is 0.708. The number of nitrogens with zero attached hydrogens (tertiary/aromatic N) is 2. The van der Waals surface area contributed by atoms with E-state index in [-0.39, 0.29) is 24.9 Å². The number of hydrogen-bond acceptors (Lipinski definition) is 3. The van der Waals surface area contributed by atoms with Crippen molar-refractivity contribution in [3.05, 3.63) is 29.8 Å². The highest BCUT2D eigenvalue weighted by Gasteiger charge is 2.31. The molecule has 0 unspecified atom stereocenters. The third-order valence-electron chi connectivity index (χ3n) is 6.83. The molecule has 1 saturated heterocycles. The summed E-state index contributed by atoms with van der Waals surface area (Å²) in [5.41, 5.74) is 3.30. The van der Waals surface area contributed by atoms with Crippen molar-refractivity contribution in [2.45, 2.75) is 52.4 Å². The molecule has 4 nitrogen and oxygen atoms in total. The average Bonchev–Trinajstić information content (AvgIpc) is 2.72. The van der Waals surface area contributed by atoms with Gasteiger partial charge in [0.05, 0.1) is 6.54 Å². The van der Waals surface area contributed by atoms with Crippen molar-refractivity contribution in [3.8, 4) is 0 Å². The number of hydrogen-bond donors (Lipinski definition) is 1. The Morgan fingerprint density at radius 1 is 1.07 bits per heavy atom.